The maximum atomic E-state index is 10.3. The number of likely N-dealkylation sites (N-methyl/N-ethyl adjacent to an activating group) is 1. The molecule has 1 fully saturated rings. The number of anilines is 1. The summed E-state index contributed by atoms with van der Waals surface area (Å²) < 4.78 is 0. The van der Waals surface area contributed by atoms with E-state index in [4.69, 9.17) is 0 Å². The van der Waals surface area contributed by atoms with Gasteiger partial charge in [0.25, 0.3) is 0 Å². The zero-order valence-corrected chi connectivity index (χ0v) is 13.6. The van der Waals surface area contributed by atoms with Crippen LogP contribution in [0.2, 0.25) is 0 Å². The Morgan fingerprint density at radius 2 is 1.90 bits per heavy atom. The summed E-state index contributed by atoms with van der Waals surface area (Å²) in [5, 5.41) is 13.7. The van der Waals surface area contributed by atoms with Gasteiger partial charge in [-0.15, -0.1) is 0 Å². The van der Waals surface area contributed by atoms with Crippen molar-refractivity contribution in [2.75, 3.05) is 45.2 Å². The molecule has 1 aliphatic heterocycles. The van der Waals surface area contributed by atoms with Crippen LogP contribution in [0.25, 0.3) is 0 Å². The van der Waals surface area contributed by atoms with Crippen LogP contribution in [0.15, 0.2) is 24.3 Å². The molecule has 1 heterocycles. The van der Waals surface area contributed by atoms with Gasteiger partial charge >= 0.3 is 0 Å². The van der Waals surface area contributed by atoms with E-state index in [0.29, 0.717) is 13.1 Å². The molecule has 118 valence electrons. The van der Waals surface area contributed by atoms with E-state index in [1.807, 2.05) is 25.9 Å². The van der Waals surface area contributed by atoms with Crippen LogP contribution >= 0.6 is 0 Å². The molecule has 2 rings (SSSR count). The van der Waals surface area contributed by atoms with Crippen molar-refractivity contribution in [1.29, 1.82) is 0 Å². The molecule has 1 aromatic carbocycles. The van der Waals surface area contributed by atoms with Gasteiger partial charge in [-0.05, 0) is 45.5 Å². The smallest absolute Gasteiger partial charge is 0.0869 e. The van der Waals surface area contributed by atoms with Crippen LogP contribution < -0.4 is 10.2 Å². The molecule has 1 unspecified atom stereocenters. The summed E-state index contributed by atoms with van der Waals surface area (Å²) in [6, 6.07) is 8.59. The van der Waals surface area contributed by atoms with E-state index >= 15 is 0 Å². The Hall–Kier alpha value is -1.10. The average Bonchev–Trinajstić information content (AvgIpc) is 2.91. The predicted octanol–water partition coefficient (Wildman–Crippen LogP) is 1.69. The minimum atomic E-state index is -0.702. The van der Waals surface area contributed by atoms with Gasteiger partial charge in [-0.2, -0.15) is 0 Å². The Morgan fingerprint density at radius 1 is 1.24 bits per heavy atom. The second-order valence-electron chi connectivity index (χ2n) is 6.66. The van der Waals surface area contributed by atoms with Crippen molar-refractivity contribution in [3.63, 3.8) is 0 Å². The first-order valence-corrected chi connectivity index (χ1v) is 7.89. The number of nitrogens with zero attached hydrogens (tertiary/aromatic N) is 2. The third kappa shape index (κ3) is 4.99. The monoisotopic (exact) mass is 291 g/mol. The Labute approximate surface area is 128 Å². The van der Waals surface area contributed by atoms with Gasteiger partial charge in [0, 0.05) is 38.4 Å². The SMILES string of the molecule is CN(C)CC(C)(O)CNCc1ccccc1N1CCCC1. The second-order valence-corrected chi connectivity index (χ2v) is 6.66. The normalized spacial score (nSPS) is 18.2. The van der Waals surface area contributed by atoms with Crippen LogP contribution in [0, 0.1) is 0 Å². The lowest BCUT2D eigenvalue weighted by Crippen LogP contribution is -2.45. The number of hydrogen-bond donors (Lipinski definition) is 2. The molecule has 0 spiro atoms. The highest BCUT2D eigenvalue weighted by atomic mass is 16.3. The summed E-state index contributed by atoms with van der Waals surface area (Å²) >= 11 is 0. The molecule has 0 saturated carbocycles. The number of nitrogens with one attached hydrogen (secondary N) is 1. The molecule has 1 aromatic rings. The molecule has 1 aliphatic rings. The minimum Gasteiger partial charge on any atom is -0.388 e. The lowest BCUT2D eigenvalue weighted by molar-refractivity contribution is 0.0336. The van der Waals surface area contributed by atoms with Crippen molar-refractivity contribution in [2.24, 2.45) is 0 Å². The predicted molar refractivity (Wildman–Crippen MR) is 88.8 cm³/mol. The van der Waals surface area contributed by atoms with E-state index in [9.17, 15) is 5.11 Å². The topological polar surface area (TPSA) is 38.7 Å². The van der Waals surface area contributed by atoms with Gasteiger partial charge in [-0.1, -0.05) is 18.2 Å². The average molecular weight is 291 g/mol. The number of aliphatic hydroxyl groups is 1. The minimum absolute atomic E-state index is 0.597. The second kappa shape index (κ2) is 7.25. The van der Waals surface area contributed by atoms with Gasteiger partial charge in [0.05, 0.1) is 5.60 Å². The maximum absolute atomic E-state index is 10.3. The van der Waals surface area contributed by atoms with Crippen molar-refractivity contribution in [3.8, 4) is 0 Å². The molecule has 0 aromatic heterocycles. The highest BCUT2D eigenvalue weighted by molar-refractivity contribution is 5.54. The van der Waals surface area contributed by atoms with Gasteiger partial charge in [-0.3, -0.25) is 0 Å². The molecule has 1 atom stereocenters. The molecule has 0 radical (unpaired) electrons. The molecule has 0 amide bonds. The zero-order valence-electron chi connectivity index (χ0n) is 13.6. The third-order valence-electron chi connectivity index (χ3n) is 3.92. The molecule has 21 heavy (non-hydrogen) atoms. The standard InChI is InChI=1S/C17H29N3O/c1-17(21,14-19(2)3)13-18-12-15-8-4-5-9-16(15)20-10-6-7-11-20/h4-5,8-9,18,21H,6-7,10-14H2,1-3H3. The van der Waals surface area contributed by atoms with Crippen molar-refractivity contribution < 1.29 is 5.11 Å². The number of para-hydroxylation sites is 1. The maximum Gasteiger partial charge on any atom is 0.0869 e. The third-order valence-corrected chi connectivity index (χ3v) is 3.92. The zero-order chi connectivity index (χ0) is 15.3. The van der Waals surface area contributed by atoms with Crippen molar-refractivity contribution >= 4 is 5.69 Å². The van der Waals surface area contributed by atoms with Crippen molar-refractivity contribution in [1.82, 2.24) is 10.2 Å². The number of rotatable bonds is 7. The molecule has 1 saturated heterocycles. The van der Waals surface area contributed by atoms with Crippen LogP contribution in [-0.2, 0) is 6.54 Å². The van der Waals surface area contributed by atoms with Gasteiger partial charge in [0.2, 0.25) is 0 Å². The lowest BCUT2D eigenvalue weighted by atomic mass is 10.1. The van der Waals surface area contributed by atoms with Crippen molar-refractivity contribution in [2.45, 2.75) is 31.9 Å². The van der Waals surface area contributed by atoms with Crippen LogP contribution in [0.5, 0.6) is 0 Å². The molecule has 2 N–H and O–H groups in total. The molecular weight excluding hydrogens is 262 g/mol. The highest BCUT2D eigenvalue weighted by Crippen LogP contribution is 2.24. The van der Waals surface area contributed by atoms with Gasteiger partial charge in [0.15, 0.2) is 0 Å². The summed E-state index contributed by atoms with van der Waals surface area (Å²) in [5.41, 5.74) is 1.96. The summed E-state index contributed by atoms with van der Waals surface area (Å²) in [6.45, 7) is 6.26. The molecule has 4 nitrogen and oxygen atoms in total. The summed E-state index contributed by atoms with van der Waals surface area (Å²) in [7, 11) is 3.97. The van der Waals surface area contributed by atoms with E-state index in [2.05, 4.69) is 34.5 Å². The number of benzene rings is 1. The van der Waals surface area contributed by atoms with Crippen LogP contribution in [0.4, 0.5) is 5.69 Å². The van der Waals surface area contributed by atoms with Crippen LogP contribution in [-0.4, -0.2) is 55.9 Å². The largest absolute Gasteiger partial charge is 0.388 e. The summed E-state index contributed by atoms with van der Waals surface area (Å²) in [4.78, 5) is 4.48. The molecule has 0 aliphatic carbocycles. The highest BCUT2D eigenvalue weighted by Gasteiger charge is 2.21. The van der Waals surface area contributed by atoms with Crippen LogP contribution in [0.3, 0.4) is 0 Å². The Balaban J connectivity index is 1.91. The quantitative estimate of drug-likeness (QED) is 0.802. The Morgan fingerprint density at radius 3 is 2.57 bits per heavy atom. The van der Waals surface area contributed by atoms with E-state index in [0.717, 1.165) is 19.6 Å². The van der Waals surface area contributed by atoms with Gasteiger partial charge in [0.1, 0.15) is 0 Å². The van der Waals surface area contributed by atoms with Gasteiger partial charge in [-0.25, -0.2) is 0 Å². The fourth-order valence-electron chi connectivity index (χ4n) is 3.13. The Bertz CT molecular complexity index is 439. The molecule has 0 bridgehead atoms. The van der Waals surface area contributed by atoms with Gasteiger partial charge < -0.3 is 20.2 Å². The van der Waals surface area contributed by atoms with Crippen molar-refractivity contribution in [3.05, 3.63) is 29.8 Å². The summed E-state index contributed by atoms with van der Waals surface area (Å²) in [5.74, 6) is 0. The number of hydrogen-bond acceptors (Lipinski definition) is 4. The fraction of sp³-hybridized carbons (Fsp3) is 0.647. The lowest BCUT2D eigenvalue weighted by Gasteiger charge is -2.28. The van der Waals surface area contributed by atoms with Crippen LogP contribution in [0.1, 0.15) is 25.3 Å². The van der Waals surface area contributed by atoms with E-state index in [1.54, 1.807) is 0 Å². The first-order valence-electron chi connectivity index (χ1n) is 7.89. The Kier molecular flexibility index (Phi) is 5.62. The first-order chi connectivity index (χ1) is 9.98. The van der Waals surface area contributed by atoms with E-state index < -0.39 is 5.60 Å². The van der Waals surface area contributed by atoms with E-state index in [1.165, 1.54) is 24.1 Å². The molecule has 4 heteroatoms. The fourth-order valence-corrected chi connectivity index (χ4v) is 3.13. The van der Waals surface area contributed by atoms with E-state index in [-0.39, 0.29) is 0 Å². The first kappa shape index (κ1) is 16.3. The molecular formula is C17H29N3O. The summed E-state index contributed by atoms with van der Waals surface area (Å²) in [6.07, 6.45) is 2.58.